The van der Waals surface area contributed by atoms with Crippen LogP contribution in [0.2, 0.25) is 0 Å². The number of fused-ring (bicyclic) bond motifs is 1. The highest BCUT2D eigenvalue weighted by Gasteiger charge is 2.28. The number of nitrogens with zero attached hydrogens (tertiary/aromatic N) is 2. The SMILES string of the molecule is O=C1CCN(c2cc3c(cc2F)c(=O)c(C(=O)O)cn3C2CC2)CCN1. The average molecular weight is 359 g/mol. The minimum atomic E-state index is -1.31. The number of carbonyl (C=O) groups excluding carboxylic acids is 1. The van der Waals surface area contributed by atoms with Gasteiger partial charge in [0.05, 0.1) is 11.2 Å². The molecule has 0 atom stereocenters. The van der Waals surface area contributed by atoms with Crippen LogP contribution in [-0.4, -0.2) is 41.2 Å². The standard InChI is InChI=1S/C18H18FN3O4/c19-13-7-11-14(8-15(13)21-5-3-16(23)20-4-6-21)22(10-1-2-10)9-12(17(11)24)18(25)26/h7-10H,1-6H2,(H,20,23)(H,25,26). The molecule has 0 spiro atoms. The van der Waals surface area contributed by atoms with Gasteiger partial charge < -0.3 is 19.9 Å². The fourth-order valence-electron chi connectivity index (χ4n) is 3.42. The molecule has 2 heterocycles. The summed E-state index contributed by atoms with van der Waals surface area (Å²) in [6, 6.07) is 2.85. The molecule has 8 heteroatoms. The Morgan fingerprint density at radius 1 is 1.23 bits per heavy atom. The normalized spacial score (nSPS) is 17.9. The number of aromatic carboxylic acids is 1. The highest BCUT2D eigenvalue weighted by atomic mass is 19.1. The molecular formula is C18H18FN3O4. The number of aromatic nitrogens is 1. The summed E-state index contributed by atoms with van der Waals surface area (Å²) >= 11 is 0. The lowest BCUT2D eigenvalue weighted by atomic mass is 10.1. The Morgan fingerprint density at radius 2 is 2.00 bits per heavy atom. The van der Waals surface area contributed by atoms with E-state index in [0.29, 0.717) is 30.8 Å². The van der Waals surface area contributed by atoms with Crippen LogP contribution in [0.4, 0.5) is 10.1 Å². The molecule has 2 aliphatic rings. The van der Waals surface area contributed by atoms with E-state index < -0.39 is 17.2 Å². The lowest BCUT2D eigenvalue weighted by molar-refractivity contribution is -0.120. The van der Waals surface area contributed by atoms with E-state index >= 15 is 0 Å². The molecule has 1 aromatic heterocycles. The van der Waals surface area contributed by atoms with Gasteiger partial charge in [-0.1, -0.05) is 0 Å². The summed E-state index contributed by atoms with van der Waals surface area (Å²) in [5.74, 6) is -1.98. The molecule has 1 aliphatic carbocycles. The van der Waals surface area contributed by atoms with Gasteiger partial charge in [0.2, 0.25) is 11.3 Å². The van der Waals surface area contributed by atoms with Crippen LogP contribution >= 0.6 is 0 Å². The van der Waals surface area contributed by atoms with Gasteiger partial charge in [0.15, 0.2) is 0 Å². The number of amides is 1. The van der Waals surface area contributed by atoms with Crippen LogP contribution in [0.1, 0.15) is 35.7 Å². The van der Waals surface area contributed by atoms with Crippen LogP contribution in [0.25, 0.3) is 10.9 Å². The van der Waals surface area contributed by atoms with Gasteiger partial charge in [-0.05, 0) is 25.0 Å². The maximum absolute atomic E-state index is 14.8. The quantitative estimate of drug-likeness (QED) is 0.867. The van der Waals surface area contributed by atoms with Crippen molar-refractivity contribution in [3.63, 3.8) is 0 Å². The van der Waals surface area contributed by atoms with Crippen molar-refractivity contribution in [1.29, 1.82) is 0 Å². The Labute approximate surface area is 148 Å². The topological polar surface area (TPSA) is 91.6 Å². The summed E-state index contributed by atoms with van der Waals surface area (Å²) in [5, 5.41) is 12.1. The summed E-state index contributed by atoms with van der Waals surface area (Å²) in [6.45, 7) is 1.27. The largest absolute Gasteiger partial charge is 0.477 e. The van der Waals surface area contributed by atoms with Crippen molar-refractivity contribution in [2.24, 2.45) is 0 Å². The van der Waals surface area contributed by atoms with Gasteiger partial charge in [-0.3, -0.25) is 9.59 Å². The fourth-order valence-corrected chi connectivity index (χ4v) is 3.42. The zero-order chi connectivity index (χ0) is 18.4. The van der Waals surface area contributed by atoms with Gasteiger partial charge in [-0.15, -0.1) is 0 Å². The van der Waals surface area contributed by atoms with Crippen molar-refractivity contribution >= 4 is 28.5 Å². The number of halogens is 1. The summed E-state index contributed by atoms with van der Waals surface area (Å²) in [4.78, 5) is 37.1. The molecule has 2 fully saturated rings. The average Bonchev–Trinajstić information content (AvgIpc) is 3.43. The summed E-state index contributed by atoms with van der Waals surface area (Å²) in [6.07, 6.45) is 3.42. The van der Waals surface area contributed by atoms with Crippen LogP contribution in [0.5, 0.6) is 0 Å². The lowest BCUT2D eigenvalue weighted by Gasteiger charge is -2.23. The first kappa shape index (κ1) is 16.6. The third-order valence-corrected chi connectivity index (χ3v) is 4.92. The lowest BCUT2D eigenvalue weighted by Crippen LogP contribution is -2.29. The second-order valence-electron chi connectivity index (χ2n) is 6.72. The second-order valence-corrected chi connectivity index (χ2v) is 6.72. The number of nitrogens with one attached hydrogen (secondary N) is 1. The highest BCUT2D eigenvalue weighted by Crippen LogP contribution is 2.38. The number of hydrogen-bond donors (Lipinski definition) is 2. The molecule has 1 amide bonds. The number of rotatable bonds is 3. The van der Waals surface area contributed by atoms with Gasteiger partial charge in [-0.2, -0.15) is 0 Å². The van der Waals surface area contributed by atoms with Crippen molar-refractivity contribution < 1.29 is 19.1 Å². The van der Waals surface area contributed by atoms with Crippen LogP contribution in [0.15, 0.2) is 23.1 Å². The van der Waals surface area contributed by atoms with Crippen molar-refractivity contribution in [3.8, 4) is 0 Å². The number of carbonyl (C=O) groups is 2. The Bertz CT molecular complexity index is 981. The molecule has 2 aromatic rings. The van der Waals surface area contributed by atoms with E-state index in [4.69, 9.17) is 0 Å². The predicted octanol–water partition coefficient (Wildman–Crippen LogP) is 1.50. The van der Waals surface area contributed by atoms with E-state index in [0.717, 1.165) is 18.9 Å². The Morgan fingerprint density at radius 3 is 2.69 bits per heavy atom. The number of hydrogen-bond acceptors (Lipinski definition) is 4. The van der Waals surface area contributed by atoms with E-state index in [2.05, 4.69) is 5.32 Å². The maximum Gasteiger partial charge on any atom is 0.341 e. The molecule has 0 radical (unpaired) electrons. The molecule has 1 saturated carbocycles. The molecule has 0 bridgehead atoms. The number of carboxylic acid groups (broad SMARTS) is 1. The van der Waals surface area contributed by atoms with E-state index in [9.17, 15) is 23.9 Å². The van der Waals surface area contributed by atoms with Gasteiger partial charge in [0, 0.05) is 43.7 Å². The van der Waals surface area contributed by atoms with Gasteiger partial charge in [0.1, 0.15) is 11.4 Å². The van der Waals surface area contributed by atoms with Gasteiger partial charge in [0.25, 0.3) is 0 Å². The Balaban J connectivity index is 1.89. The molecule has 7 nitrogen and oxygen atoms in total. The zero-order valence-corrected chi connectivity index (χ0v) is 14.0. The fraction of sp³-hybridized carbons (Fsp3) is 0.389. The maximum atomic E-state index is 14.8. The van der Waals surface area contributed by atoms with Crippen molar-refractivity contribution in [1.82, 2.24) is 9.88 Å². The number of carboxylic acids is 1. The zero-order valence-electron chi connectivity index (χ0n) is 14.0. The summed E-state index contributed by atoms with van der Waals surface area (Å²) < 4.78 is 16.5. The number of pyridine rings is 1. The van der Waals surface area contributed by atoms with E-state index in [1.807, 2.05) is 0 Å². The van der Waals surface area contributed by atoms with E-state index in [1.54, 1.807) is 15.5 Å². The molecule has 136 valence electrons. The third kappa shape index (κ3) is 2.81. The second kappa shape index (κ2) is 6.12. The monoisotopic (exact) mass is 359 g/mol. The van der Waals surface area contributed by atoms with Crippen LogP contribution in [0.3, 0.4) is 0 Å². The van der Waals surface area contributed by atoms with Crippen LogP contribution in [-0.2, 0) is 4.79 Å². The predicted molar refractivity (Wildman–Crippen MR) is 93.2 cm³/mol. The minimum Gasteiger partial charge on any atom is -0.477 e. The first-order valence-electron chi connectivity index (χ1n) is 8.59. The first-order chi connectivity index (χ1) is 12.5. The molecule has 4 rings (SSSR count). The van der Waals surface area contributed by atoms with Crippen LogP contribution < -0.4 is 15.6 Å². The van der Waals surface area contributed by atoms with Gasteiger partial charge >= 0.3 is 5.97 Å². The molecular weight excluding hydrogens is 341 g/mol. The number of benzene rings is 1. The van der Waals surface area contributed by atoms with Crippen LogP contribution in [0, 0.1) is 5.82 Å². The molecule has 0 unspecified atom stereocenters. The highest BCUT2D eigenvalue weighted by molar-refractivity contribution is 5.93. The molecule has 26 heavy (non-hydrogen) atoms. The van der Waals surface area contributed by atoms with Gasteiger partial charge in [-0.25, -0.2) is 9.18 Å². The molecule has 1 saturated heterocycles. The molecule has 1 aliphatic heterocycles. The summed E-state index contributed by atoms with van der Waals surface area (Å²) in [7, 11) is 0. The van der Waals surface area contributed by atoms with E-state index in [-0.39, 0.29) is 29.3 Å². The van der Waals surface area contributed by atoms with E-state index in [1.165, 1.54) is 6.20 Å². The smallest absolute Gasteiger partial charge is 0.341 e. The van der Waals surface area contributed by atoms with Crippen molar-refractivity contribution in [2.45, 2.75) is 25.3 Å². The third-order valence-electron chi connectivity index (χ3n) is 4.92. The Hall–Kier alpha value is -2.90. The molecule has 2 N–H and O–H groups in total. The summed E-state index contributed by atoms with van der Waals surface area (Å²) in [5.41, 5.74) is -0.169. The minimum absolute atomic E-state index is 0.0714. The first-order valence-corrected chi connectivity index (χ1v) is 8.59. The van der Waals surface area contributed by atoms with Crippen molar-refractivity contribution in [2.75, 3.05) is 24.5 Å². The number of anilines is 1. The molecule has 1 aromatic carbocycles. The Kier molecular flexibility index (Phi) is 3.90. The van der Waals surface area contributed by atoms with Crippen molar-refractivity contribution in [3.05, 3.63) is 39.9 Å².